The SMILES string of the molecule is N=C(N)c1cccc(C(CCc2ccc(NS(=O)(=O)c3ccccc3)cc2)CC(=O)O)c1. The molecule has 5 N–H and O–H groups in total. The van der Waals surface area contributed by atoms with Gasteiger partial charge in [0, 0.05) is 11.3 Å². The molecule has 32 heavy (non-hydrogen) atoms. The van der Waals surface area contributed by atoms with Crippen LogP contribution in [-0.4, -0.2) is 25.3 Å². The molecule has 0 saturated heterocycles. The van der Waals surface area contributed by atoms with Gasteiger partial charge in [-0.1, -0.05) is 48.5 Å². The number of nitrogen functional groups attached to an aromatic ring is 1. The Balaban J connectivity index is 1.69. The molecule has 7 nitrogen and oxygen atoms in total. The molecule has 0 spiro atoms. The van der Waals surface area contributed by atoms with Crippen LogP contribution in [0.1, 0.15) is 35.4 Å². The number of carboxylic acids is 1. The smallest absolute Gasteiger partial charge is 0.303 e. The lowest BCUT2D eigenvalue weighted by atomic mass is 9.88. The molecule has 166 valence electrons. The molecule has 0 radical (unpaired) electrons. The highest BCUT2D eigenvalue weighted by Crippen LogP contribution is 2.27. The number of hydrogen-bond acceptors (Lipinski definition) is 4. The zero-order valence-electron chi connectivity index (χ0n) is 17.4. The molecule has 0 fully saturated rings. The summed E-state index contributed by atoms with van der Waals surface area (Å²) in [5.41, 5.74) is 8.37. The number of carbonyl (C=O) groups is 1. The van der Waals surface area contributed by atoms with Crippen LogP contribution in [0.5, 0.6) is 0 Å². The number of benzene rings is 3. The zero-order chi connectivity index (χ0) is 23.1. The minimum Gasteiger partial charge on any atom is -0.481 e. The largest absolute Gasteiger partial charge is 0.481 e. The Bertz CT molecular complexity index is 1190. The average Bonchev–Trinajstić information content (AvgIpc) is 2.78. The fraction of sp³-hybridized carbons (Fsp3) is 0.167. The second kappa shape index (κ2) is 10.1. The lowest BCUT2D eigenvalue weighted by molar-refractivity contribution is -0.137. The summed E-state index contributed by atoms with van der Waals surface area (Å²) < 4.78 is 27.4. The Hall–Kier alpha value is -3.65. The van der Waals surface area contributed by atoms with Crippen molar-refractivity contribution < 1.29 is 18.3 Å². The molecule has 1 unspecified atom stereocenters. The number of rotatable bonds is 10. The molecule has 0 aromatic heterocycles. The second-order valence-electron chi connectivity index (χ2n) is 7.49. The summed E-state index contributed by atoms with van der Waals surface area (Å²) in [5.74, 6) is -1.19. The zero-order valence-corrected chi connectivity index (χ0v) is 18.2. The molecule has 3 aromatic carbocycles. The van der Waals surface area contributed by atoms with Crippen LogP contribution >= 0.6 is 0 Å². The summed E-state index contributed by atoms with van der Waals surface area (Å²) in [6.45, 7) is 0. The third-order valence-corrected chi connectivity index (χ3v) is 6.53. The maximum atomic E-state index is 12.4. The highest BCUT2D eigenvalue weighted by atomic mass is 32.2. The van der Waals surface area contributed by atoms with E-state index in [2.05, 4.69) is 4.72 Å². The van der Waals surface area contributed by atoms with E-state index in [4.69, 9.17) is 11.1 Å². The first kappa shape index (κ1) is 23.0. The fourth-order valence-corrected chi connectivity index (χ4v) is 4.53. The molecule has 0 bridgehead atoms. The molecule has 3 aromatic rings. The number of carboxylic acid groups (broad SMARTS) is 1. The monoisotopic (exact) mass is 451 g/mol. The second-order valence-corrected chi connectivity index (χ2v) is 9.17. The van der Waals surface area contributed by atoms with Crippen molar-refractivity contribution in [2.75, 3.05) is 4.72 Å². The van der Waals surface area contributed by atoms with Crippen molar-refractivity contribution in [1.29, 1.82) is 5.41 Å². The summed E-state index contributed by atoms with van der Waals surface area (Å²) in [4.78, 5) is 11.6. The van der Waals surface area contributed by atoms with Crippen LogP contribution in [-0.2, 0) is 21.2 Å². The van der Waals surface area contributed by atoms with Gasteiger partial charge in [-0.3, -0.25) is 14.9 Å². The molecule has 3 rings (SSSR count). The van der Waals surface area contributed by atoms with Crippen molar-refractivity contribution >= 4 is 27.5 Å². The predicted octanol–water partition coefficient (Wildman–Crippen LogP) is 3.96. The van der Waals surface area contributed by atoms with Gasteiger partial charge in [0.2, 0.25) is 0 Å². The van der Waals surface area contributed by atoms with Crippen molar-refractivity contribution in [1.82, 2.24) is 0 Å². The van der Waals surface area contributed by atoms with Crippen molar-refractivity contribution in [3.63, 3.8) is 0 Å². The molecular weight excluding hydrogens is 426 g/mol. The number of anilines is 1. The van der Waals surface area contributed by atoms with E-state index in [0.717, 1.165) is 11.1 Å². The maximum Gasteiger partial charge on any atom is 0.303 e. The summed E-state index contributed by atoms with van der Waals surface area (Å²) in [6, 6.07) is 22.3. The van der Waals surface area contributed by atoms with Gasteiger partial charge in [0.05, 0.1) is 11.3 Å². The van der Waals surface area contributed by atoms with Gasteiger partial charge in [-0.2, -0.15) is 0 Å². The summed E-state index contributed by atoms with van der Waals surface area (Å²) in [6.07, 6.45) is 1.17. The normalized spacial score (nSPS) is 12.1. The van der Waals surface area contributed by atoms with Crippen molar-refractivity contribution in [2.24, 2.45) is 5.73 Å². The van der Waals surface area contributed by atoms with E-state index >= 15 is 0 Å². The van der Waals surface area contributed by atoms with Gasteiger partial charge in [0.25, 0.3) is 10.0 Å². The fourth-order valence-electron chi connectivity index (χ4n) is 3.45. The Morgan fingerprint density at radius 2 is 1.69 bits per heavy atom. The molecule has 0 aliphatic carbocycles. The van der Waals surface area contributed by atoms with Gasteiger partial charge < -0.3 is 10.8 Å². The van der Waals surface area contributed by atoms with Crippen LogP contribution in [0.25, 0.3) is 0 Å². The molecule has 1 atom stereocenters. The first-order valence-corrected chi connectivity index (χ1v) is 11.6. The molecule has 0 aliphatic rings. The van der Waals surface area contributed by atoms with Crippen molar-refractivity contribution in [3.8, 4) is 0 Å². The van der Waals surface area contributed by atoms with Crippen molar-refractivity contribution in [3.05, 3.63) is 95.6 Å². The summed E-state index contributed by atoms with van der Waals surface area (Å²) in [5, 5.41) is 16.9. The Morgan fingerprint density at radius 3 is 2.31 bits per heavy atom. The third-order valence-electron chi connectivity index (χ3n) is 5.13. The molecule has 0 amide bonds. The number of aryl methyl sites for hydroxylation is 1. The Labute approximate surface area is 187 Å². The van der Waals surface area contributed by atoms with Crippen LogP contribution in [0.4, 0.5) is 5.69 Å². The van der Waals surface area contributed by atoms with Gasteiger partial charge in [-0.25, -0.2) is 8.42 Å². The van der Waals surface area contributed by atoms with Crippen LogP contribution < -0.4 is 10.5 Å². The van der Waals surface area contributed by atoms with Gasteiger partial charge in [0.1, 0.15) is 5.84 Å². The third kappa shape index (κ3) is 6.18. The van der Waals surface area contributed by atoms with E-state index in [-0.39, 0.29) is 23.1 Å². The molecule has 0 aliphatic heterocycles. The lowest BCUT2D eigenvalue weighted by Crippen LogP contribution is -2.13. The standard InChI is InChI=1S/C24H25N3O4S/c25-24(26)20-6-4-5-18(15-20)19(16-23(28)29)12-9-17-10-13-21(14-11-17)27-32(30,31)22-7-2-1-3-8-22/h1-8,10-11,13-15,19,27H,9,12,16H2,(H3,25,26)(H,28,29). The number of amidine groups is 1. The first-order chi connectivity index (χ1) is 15.2. The van der Waals surface area contributed by atoms with Gasteiger partial charge in [-0.15, -0.1) is 0 Å². The number of nitrogens with one attached hydrogen (secondary N) is 2. The highest BCUT2D eigenvalue weighted by molar-refractivity contribution is 7.92. The Kier molecular flexibility index (Phi) is 7.27. The molecule has 0 saturated carbocycles. The van der Waals surface area contributed by atoms with E-state index in [1.807, 2.05) is 18.2 Å². The Morgan fingerprint density at radius 1 is 1.00 bits per heavy atom. The predicted molar refractivity (Wildman–Crippen MR) is 124 cm³/mol. The first-order valence-electron chi connectivity index (χ1n) is 10.1. The summed E-state index contributed by atoms with van der Waals surface area (Å²) in [7, 11) is -3.66. The van der Waals surface area contributed by atoms with Crippen LogP contribution in [0.15, 0.2) is 83.8 Å². The van der Waals surface area contributed by atoms with E-state index in [1.165, 1.54) is 12.1 Å². The highest BCUT2D eigenvalue weighted by Gasteiger charge is 2.17. The van der Waals surface area contributed by atoms with Crippen LogP contribution in [0.3, 0.4) is 0 Å². The van der Waals surface area contributed by atoms with E-state index in [1.54, 1.807) is 48.5 Å². The molecular formula is C24H25N3O4S. The average molecular weight is 452 g/mol. The van der Waals surface area contributed by atoms with E-state index in [9.17, 15) is 18.3 Å². The topological polar surface area (TPSA) is 133 Å². The number of aliphatic carboxylic acids is 1. The van der Waals surface area contributed by atoms with Crippen LogP contribution in [0.2, 0.25) is 0 Å². The molecule has 8 heteroatoms. The van der Waals surface area contributed by atoms with E-state index in [0.29, 0.717) is 24.1 Å². The van der Waals surface area contributed by atoms with Gasteiger partial charge in [0.15, 0.2) is 0 Å². The lowest BCUT2D eigenvalue weighted by Gasteiger charge is -2.16. The van der Waals surface area contributed by atoms with Crippen molar-refractivity contribution in [2.45, 2.75) is 30.1 Å². The number of hydrogen-bond donors (Lipinski definition) is 4. The van der Waals surface area contributed by atoms with Crippen LogP contribution in [0, 0.1) is 5.41 Å². The molecule has 0 heterocycles. The quantitative estimate of drug-likeness (QED) is 0.273. The number of nitrogens with two attached hydrogens (primary N) is 1. The summed E-state index contributed by atoms with van der Waals surface area (Å²) >= 11 is 0. The van der Waals surface area contributed by atoms with Gasteiger partial charge >= 0.3 is 5.97 Å². The number of sulfonamides is 1. The van der Waals surface area contributed by atoms with Gasteiger partial charge in [-0.05, 0) is 60.2 Å². The minimum atomic E-state index is -3.66. The maximum absolute atomic E-state index is 12.4. The van der Waals surface area contributed by atoms with E-state index < -0.39 is 16.0 Å². The minimum absolute atomic E-state index is 0.0314.